The molecular weight excluding hydrogens is 156 g/mol. The largest absolute Gasteiger partial charge is 0.0902 e. The Hall–Kier alpha value is -1.38. The monoisotopic (exact) mass is 166 g/mol. The standard InChI is InChI=1S/C6H10N6/c7-11-9-5-3-1-2-4-6(5)10-12-8/h5-6H,1-4H2. The van der Waals surface area contributed by atoms with Crippen molar-refractivity contribution >= 4 is 0 Å². The molecule has 0 bridgehead atoms. The van der Waals surface area contributed by atoms with Crippen LogP contribution in [0.1, 0.15) is 25.7 Å². The van der Waals surface area contributed by atoms with Crippen LogP contribution in [0.3, 0.4) is 0 Å². The third kappa shape index (κ3) is 2.05. The first kappa shape index (κ1) is 8.71. The summed E-state index contributed by atoms with van der Waals surface area (Å²) < 4.78 is 0. The van der Waals surface area contributed by atoms with Gasteiger partial charge in [-0.05, 0) is 23.9 Å². The summed E-state index contributed by atoms with van der Waals surface area (Å²) in [5.41, 5.74) is 16.5. The Bertz CT molecular complexity index is 210. The lowest BCUT2D eigenvalue weighted by atomic mass is 9.92. The second kappa shape index (κ2) is 4.49. The molecule has 1 aliphatic carbocycles. The molecule has 0 spiro atoms. The molecule has 1 rings (SSSR count). The van der Waals surface area contributed by atoms with Crippen LogP contribution in [-0.2, 0) is 0 Å². The number of hydrogen-bond acceptors (Lipinski definition) is 2. The average Bonchev–Trinajstić information content (AvgIpc) is 2.09. The minimum absolute atomic E-state index is 0.125. The lowest BCUT2D eigenvalue weighted by molar-refractivity contribution is 0.383. The van der Waals surface area contributed by atoms with Crippen LogP contribution in [0.4, 0.5) is 0 Å². The highest BCUT2D eigenvalue weighted by Gasteiger charge is 2.22. The molecule has 0 aromatic heterocycles. The molecule has 1 saturated carbocycles. The second-order valence-electron chi connectivity index (χ2n) is 2.83. The molecule has 1 aliphatic rings. The van der Waals surface area contributed by atoms with Crippen molar-refractivity contribution < 1.29 is 0 Å². The fourth-order valence-electron chi connectivity index (χ4n) is 1.49. The lowest BCUT2D eigenvalue weighted by Gasteiger charge is -2.23. The molecule has 1 fully saturated rings. The average molecular weight is 166 g/mol. The fraction of sp³-hybridized carbons (Fsp3) is 1.00. The molecule has 2 unspecified atom stereocenters. The summed E-state index contributed by atoms with van der Waals surface area (Å²) in [4.78, 5) is 5.47. The van der Waals surface area contributed by atoms with Crippen molar-refractivity contribution in [3.05, 3.63) is 20.9 Å². The van der Waals surface area contributed by atoms with Gasteiger partial charge >= 0.3 is 0 Å². The molecule has 0 N–H and O–H groups in total. The van der Waals surface area contributed by atoms with Crippen molar-refractivity contribution in [2.75, 3.05) is 0 Å². The Balaban J connectivity index is 2.65. The lowest BCUT2D eigenvalue weighted by Crippen LogP contribution is -2.25. The van der Waals surface area contributed by atoms with Gasteiger partial charge in [-0.2, -0.15) is 0 Å². The summed E-state index contributed by atoms with van der Waals surface area (Å²) in [6.45, 7) is 0. The molecule has 0 aromatic carbocycles. The minimum atomic E-state index is -0.125. The van der Waals surface area contributed by atoms with E-state index in [0.717, 1.165) is 25.7 Å². The highest BCUT2D eigenvalue weighted by Crippen LogP contribution is 2.23. The first-order valence-electron chi connectivity index (χ1n) is 3.97. The van der Waals surface area contributed by atoms with Crippen LogP contribution in [0, 0.1) is 0 Å². The van der Waals surface area contributed by atoms with Gasteiger partial charge in [0.25, 0.3) is 0 Å². The number of rotatable bonds is 2. The second-order valence-corrected chi connectivity index (χ2v) is 2.83. The van der Waals surface area contributed by atoms with Gasteiger partial charge in [-0.15, -0.1) is 0 Å². The van der Waals surface area contributed by atoms with Crippen LogP contribution in [0.25, 0.3) is 20.9 Å². The molecule has 12 heavy (non-hydrogen) atoms. The first-order valence-corrected chi connectivity index (χ1v) is 3.97. The van der Waals surface area contributed by atoms with E-state index < -0.39 is 0 Å². The molecule has 0 amide bonds. The predicted octanol–water partition coefficient (Wildman–Crippen LogP) is 2.92. The smallest absolute Gasteiger partial charge is 0.0458 e. The molecule has 0 aliphatic heterocycles. The van der Waals surface area contributed by atoms with Crippen molar-refractivity contribution in [1.29, 1.82) is 0 Å². The van der Waals surface area contributed by atoms with E-state index in [1.165, 1.54) is 0 Å². The fourth-order valence-corrected chi connectivity index (χ4v) is 1.49. The van der Waals surface area contributed by atoms with Crippen LogP contribution in [0.5, 0.6) is 0 Å². The molecule has 6 heteroatoms. The van der Waals surface area contributed by atoms with Gasteiger partial charge in [0.2, 0.25) is 0 Å². The maximum atomic E-state index is 8.23. The zero-order chi connectivity index (χ0) is 8.81. The van der Waals surface area contributed by atoms with E-state index in [2.05, 4.69) is 20.1 Å². The number of nitrogens with zero attached hydrogens (tertiary/aromatic N) is 6. The normalized spacial score (nSPS) is 28.3. The zero-order valence-electron chi connectivity index (χ0n) is 6.67. The van der Waals surface area contributed by atoms with Crippen LogP contribution < -0.4 is 0 Å². The first-order chi connectivity index (χ1) is 5.88. The molecular formula is C6H10N6. The Kier molecular flexibility index (Phi) is 3.26. The third-order valence-corrected chi connectivity index (χ3v) is 2.09. The SMILES string of the molecule is [N-]=[N+]=NC1CCCCC1N=[N+]=[N-]. The van der Waals surface area contributed by atoms with Gasteiger partial charge in [-0.3, -0.25) is 0 Å². The molecule has 0 heterocycles. The summed E-state index contributed by atoms with van der Waals surface area (Å²) in [6.07, 6.45) is 3.80. The molecule has 0 saturated heterocycles. The van der Waals surface area contributed by atoms with E-state index in [0.29, 0.717) is 0 Å². The summed E-state index contributed by atoms with van der Waals surface area (Å²) in [7, 11) is 0. The van der Waals surface area contributed by atoms with E-state index in [1.807, 2.05) is 0 Å². The summed E-state index contributed by atoms with van der Waals surface area (Å²) in [5.74, 6) is 0. The Labute approximate surface area is 69.8 Å². The van der Waals surface area contributed by atoms with E-state index in [4.69, 9.17) is 11.1 Å². The van der Waals surface area contributed by atoms with Crippen molar-refractivity contribution in [2.24, 2.45) is 10.2 Å². The molecule has 64 valence electrons. The maximum Gasteiger partial charge on any atom is 0.0458 e. The van der Waals surface area contributed by atoms with E-state index >= 15 is 0 Å². The van der Waals surface area contributed by atoms with Crippen molar-refractivity contribution in [1.82, 2.24) is 0 Å². The van der Waals surface area contributed by atoms with Crippen molar-refractivity contribution in [3.8, 4) is 0 Å². The highest BCUT2D eigenvalue weighted by atomic mass is 15.2. The molecule has 0 aromatic rings. The van der Waals surface area contributed by atoms with Gasteiger partial charge in [0, 0.05) is 21.9 Å². The van der Waals surface area contributed by atoms with Crippen LogP contribution in [0.15, 0.2) is 10.2 Å². The van der Waals surface area contributed by atoms with Crippen LogP contribution >= 0.6 is 0 Å². The topological polar surface area (TPSA) is 97.5 Å². The molecule has 0 radical (unpaired) electrons. The van der Waals surface area contributed by atoms with Gasteiger partial charge in [0.1, 0.15) is 0 Å². The Morgan fingerprint density at radius 1 is 0.917 bits per heavy atom. The van der Waals surface area contributed by atoms with Gasteiger partial charge in [0.05, 0.1) is 0 Å². The zero-order valence-corrected chi connectivity index (χ0v) is 6.67. The maximum absolute atomic E-state index is 8.23. The number of azide groups is 2. The third-order valence-electron chi connectivity index (χ3n) is 2.09. The van der Waals surface area contributed by atoms with Crippen molar-refractivity contribution in [3.63, 3.8) is 0 Å². The Morgan fingerprint density at radius 2 is 1.33 bits per heavy atom. The predicted molar refractivity (Wildman–Crippen MR) is 44.3 cm³/mol. The van der Waals surface area contributed by atoms with Gasteiger partial charge in [0.15, 0.2) is 0 Å². The number of hydrogen-bond donors (Lipinski definition) is 0. The summed E-state index contributed by atoms with van der Waals surface area (Å²) in [5, 5.41) is 7.20. The highest BCUT2D eigenvalue weighted by molar-refractivity contribution is 4.86. The van der Waals surface area contributed by atoms with Gasteiger partial charge in [-0.25, -0.2) is 0 Å². The van der Waals surface area contributed by atoms with E-state index in [-0.39, 0.29) is 12.1 Å². The molecule has 2 atom stereocenters. The summed E-state index contributed by atoms with van der Waals surface area (Å²) in [6, 6.07) is -0.251. The quantitative estimate of drug-likeness (QED) is 0.342. The Morgan fingerprint density at radius 3 is 1.67 bits per heavy atom. The van der Waals surface area contributed by atoms with Gasteiger partial charge in [-0.1, -0.05) is 23.1 Å². The van der Waals surface area contributed by atoms with Crippen LogP contribution in [-0.4, -0.2) is 12.1 Å². The van der Waals surface area contributed by atoms with E-state index in [1.54, 1.807) is 0 Å². The summed E-state index contributed by atoms with van der Waals surface area (Å²) >= 11 is 0. The van der Waals surface area contributed by atoms with Crippen LogP contribution in [0.2, 0.25) is 0 Å². The van der Waals surface area contributed by atoms with Gasteiger partial charge < -0.3 is 0 Å². The van der Waals surface area contributed by atoms with E-state index in [9.17, 15) is 0 Å². The minimum Gasteiger partial charge on any atom is -0.0902 e. The van der Waals surface area contributed by atoms with Crippen molar-refractivity contribution in [2.45, 2.75) is 37.8 Å². The molecule has 6 nitrogen and oxygen atoms in total.